The van der Waals surface area contributed by atoms with Crippen LogP contribution in [0.5, 0.6) is 0 Å². The topological polar surface area (TPSA) is 108 Å². The molecule has 2 saturated heterocycles. The van der Waals surface area contributed by atoms with Crippen molar-refractivity contribution in [2.24, 2.45) is 0 Å². The second-order valence-corrected chi connectivity index (χ2v) is 8.04. The number of likely N-dealkylation sites (tertiary alicyclic amines) is 2. The van der Waals surface area contributed by atoms with Gasteiger partial charge in [0.15, 0.2) is 0 Å². The summed E-state index contributed by atoms with van der Waals surface area (Å²) in [6, 6.07) is -0.0225. The Bertz CT molecular complexity index is 540. The zero-order valence-corrected chi connectivity index (χ0v) is 16.4. The first kappa shape index (κ1) is 21.3. The highest BCUT2D eigenvalue weighted by Crippen LogP contribution is 2.19. The first-order valence-corrected chi connectivity index (χ1v) is 9.54. The van der Waals surface area contributed by atoms with Crippen molar-refractivity contribution in [1.82, 2.24) is 15.1 Å². The molecular formula is C18H31N3O6. The van der Waals surface area contributed by atoms with Gasteiger partial charge in [0, 0.05) is 25.7 Å². The second-order valence-electron chi connectivity index (χ2n) is 8.04. The van der Waals surface area contributed by atoms with E-state index in [2.05, 4.69) is 5.32 Å². The van der Waals surface area contributed by atoms with Crippen molar-refractivity contribution in [3.8, 4) is 0 Å². The lowest BCUT2D eigenvalue weighted by Crippen LogP contribution is -2.49. The number of ether oxygens (including phenoxy) is 2. The summed E-state index contributed by atoms with van der Waals surface area (Å²) in [6.45, 7) is 6.80. The highest BCUT2D eigenvalue weighted by atomic mass is 16.6. The summed E-state index contributed by atoms with van der Waals surface area (Å²) in [7, 11) is 0. The number of hydrogen-bond acceptors (Lipinski definition) is 5. The van der Waals surface area contributed by atoms with Gasteiger partial charge in [-0.1, -0.05) is 0 Å². The minimum absolute atomic E-state index is 0.0225. The van der Waals surface area contributed by atoms with Gasteiger partial charge in [-0.15, -0.1) is 0 Å². The van der Waals surface area contributed by atoms with Crippen molar-refractivity contribution >= 4 is 18.1 Å². The highest BCUT2D eigenvalue weighted by molar-refractivity contribution is 5.77. The van der Waals surface area contributed by atoms with E-state index in [-0.39, 0.29) is 18.6 Å². The van der Waals surface area contributed by atoms with Crippen LogP contribution in [-0.4, -0.2) is 77.1 Å². The van der Waals surface area contributed by atoms with Gasteiger partial charge < -0.3 is 24.8 Å². The predicted octanol–water partition coefficient (Wildman–Crippen LogP) is 2.01. The van der Waals surface area contributed by atoms with Crippen LogP contribution in [0.4, 0.5) is 9.59 Å². The number of rotatable bonds is 4. The average molecular weight is 385 g/mol. The van der Waals surface area contributed by atoms with E-state index in [1.54, 1.807) is 4.90 Å². The van der Waals surface area contributed by atoms with Crippen LogP contribution in [0.1, 0.15) is 52.9 Å². The lowest BCUT2D eigenvalue weighted by Gasteiger charge is -2.35. The molecule has 9 nitrogen and oxygen atoms in total. The van der Waals surface area contributed by atoms with Gasteiger partial charge in [0.2, 0.25) is 5.91 Å². The van der Waals surface area contributed by atoms with Crippen LogP contribution in [0.3, 0.4) is 0 Å². The summed E-state index contributed by atoms with van der Waals surface area (Å²) in [5, 5.41) is 12.0. The number of piperidine rings is 2. The van der Waals surface area contributed by atoms with Gasteiger partial charge in [-0.2, -0.15) is 0 Å². The molecule has 0 aromatic carbocycles. The predicted molar refractivity (Wildman–Crippen MR) is 97.3 cm³/mol. The molecule has 1 unspecified atom stereocenters. The monoisotopic (exact) mass is 385 g/mol. The molecule has 0 aliphatic carbocycles. The van der Waals surface area contributed by atoms with E-state index >= 15 is 0 Å². The quantitative estimate of drug-likeness (QED) is 0.766. The molecule has 1 atom stereocenters. The molecule has 0 aromatic heterocycles. The van der Waals surface area contributed by atoms with Crippen molar-refractivity contribution in [3.63, 3.8) is 0 Å². The Morgan fingerprint density at radius 2 is 1.74 bits per heavy atom. The van der Waals surface area contributed by atoms with Crippen LogP contribution in [-0.2, 0) is 14.3 Å². The molecule has 0 aromatic rings. The Hall–Kier alpha value is -2.03. The molecule has 3 amide bonds. The third-order valence-electron chi connectivity index (χ3n) is 4.66. The van der Waals surface area contributed by atoms with Gasteiger partial charge in [0.05, 0.1) is 0 Å². The molecule has 2 aliphatic heterocycles. The summed E-state index contributed by atoms with van der Waals surface area (Å²) in [6.07, 6.45) is 1.62. The van der Waals surface area contributed by atoms with Crippen molar-refractivity contribution in [3.05, 3.63) is 0 Å². The van der Waals surface area contributed by atoms with E-state index in [1.165, 1.54) is 4.90 Å². The third-order valence-corrected chi connectivity index (χ3v) is 4.66. The van der Waals surface area contributed by atoms with Crippen LogP contribution < -0.4 is 5.32 Å². The number of amides is 3. The standard InChI is InChI=1S/C18H31N3O6/c1-18(2,3)27-16(23)19-13-7-10-20(11-8-13)14(22)12-26-15-6-4-5-9-21(15)17(24)25/h13,15H,4-12H2,1-3H3,(H,19,23)(H,24,25). The van der Waals surface area contributed by atoms with Gasteiger partial charge in [-0.25, -0.2) is 9.59 Å². The Balaban J connectivity index is 1.71. The molecule has 2 heterocycles. The van der Waals surface area contributed by atoms with Crippen molar-refractivity contribution in [1.29, 1.82) is 0 Å². The maximum atomic E-state index is 12.4. The average Bonchev–Trinajstić information content (AvgIpc) is 2.58. The first-order chi connectivity index (χ1) is 12.7. The molecule has 2 fully saturated rings. The fourth-order valence-corrected chi connectivity index (χ4v) is 3.30. The minimum atomic E-state index is -1.01. The summed E-state index contributed by atoms with van der Waals surface area (Å²) in [5.74, 6) is -0.151. The zero-order chi connectivity index (χ0) is 20.0. The van der Waals surface area contributed by atoms with E-state index in [4.69, 9.17) is 9.47 Å². The molecule has 154 valence electrons. The number of carboxylic acid groups (broad SMARTS) is 1. The molecule has 9 heteroatoms. The summed E-state index contributed by atoms with van der Waals surface area (Å²) in [5.41, 5.74) is -0.541. The molecule has 0 bridgehead atoms. The van der Waals surface area contributed by atoms with Crippen LogP contribution in [0.25, 0.3) is 0 Å². The van der Waals surface area contributed by atoms with Crippen molar-refractivity contribution in [2.45, 2.75) is 70.7 Å². The number of nitrogens with one attached hydrogen (secondary N) is 1. The van der Waals surface area contributed by atoms with E-state index in [0.29, 0.717) is 38.9 Å². The third kappa shape index (κ3) is 6.89. The van der Waals surface area contributed by atoms with Crippen LogP contribution >= 0.6 is 0 Å². The van der Waals surface area contributed by atoms with Crippen LogP contribution in [0.15, 0.2) is 0 Å². The zero-order valence-electron chi connectivity index (χ0n) is 16.4. The fourth-order valence-electron chi connectivity index (χ4n) is 3.30. The second kappa shape index (κ2) is 9.25. The Labute approximate surface area is 160 Å². The normalized spacial score (nSPS) is 21.7. The molecule has 27 heavy (non-hydrogen) atoms. The van der Waals surface area contributed by atoms with Gasteiger partial charge in [-0.05, 0) is 52.9 Å². The summed E-state index contributed by atoms with van der Waals surface area (Å²) in [4.78, 5) is 38.4. The maximum absolute atomic E-state index is 12.4. The number of hydrogen-bond donors (Lipinski definition) is 2. The lowest BCUT2D eigenvalue weighted by molar-refractivity contribution is -0.145. The lowest BCUT2D eigenvalue weighted by atomic mass is 10.1. The van der Waals surface area contributed by atoms with Crippen molar-refractivity contribution in [2.75, 3.05) is 26.2 Å². The Morgan fingerprint density at radius 1 is 1.07 bits per heavy atom. The molecule has 2 aliphatic rings. The van der Waals surface area contributed by atoms with Crippen LogP contribution in [0.2, 0.25) is 0 Å². The van der Waals surface area contributed by atoms with E-state index < -0.39 is 24.0 Å². The maximum Gasteiger partial charge on any atom is 0.409 e. The van der Waals surface area contributed by atoms with Gasteiger partial charge in [-0.3, -0.25) is 9.69 Å². The van der Waals surface area contributed by atoms with Crippen LogP contribution in [0, 0.1) is 0 Å². The molecule has 2 rings (SSSR count). The number of nitrogens with zero attached hydrogens (tertiary/aromatic N) is 2. The van der Waals surface area contributed by atoms with Gasteiger partial charge in [0.1, 0.15) is 18.4 Å². The molecule has 0 saturated carbocycles. The number of alkyl carbamates (subject to hydrolysis) is 1. The highest BCUT2D eigenvalue weighted by Gasteiger charge is 2.29. The van der Waals surface area contributed by atoms with E-state index in [1.807, 2.05) is 20.8 Å². The molecule has 2 N–H and O–H groups in total. The summed E-state index contributed by atoms with van der Waals surface area (Å²) < 4.78 is 10.8. The van der Waals surface area contributed by atoms with E-state index in [9.17, 15) is 19.5 Å². The molecule has 0 radical (unpaired) electrons. The minimum Gasteiger partial charge on any atom is -0.465 e. The largest absolute Gasteiger partial charge is 0.465 e. The molecular weight excluding hydrogens is 354 g/mol. The Morgan fingerprint density at radius 3 is 2.33 bits per heavy atom. The first-order valence-electron chi connectivity index (χ1n) is 9.54. The summed E-state index contributed by atoms with van der Waals surface area (Å²) >= 11 is 0. The smallest absolute Gasteiger partial charge is 0.409 e. The number of carbonyl (C=O) groups is 3. The van der Waals surface area contributed by atoms with Gasteiger partial charge in [0.25, 0.3) is 0 Å². The number of carbonyl (C=O) groups excluding carboxylic acids is 2. The fraction of sp³-hybridized carbons (Fsp3) is 0.833. The SMILES string of the molecule is CC(C)(C)OC(=O)NC1CCN(C(=O)COC2CCCCN2C(=O)O)CC1. The van der Waals surface area contributed by atoms with Gasteiger partial charge >= 0.3 is 12.2 Å². The van der Waals surface area contributed by atoms with E-state index in [0.717, 1.165) is 12.8 Å². The molecule has 0 spiro atoms. The Kier molecular flexibility index (Phi) is 7.29. The van der Waals surface area contributed by atoms with Crippen molar-refractivity contribution < 1.29 is 29.0 Å².